The van der Waals surface area contributed by atoms with E-state index >= 15 is 0 Å². The quantitative estimate of drug-likeness (QED) is 0.423. The van der Waals surface area contributed by atoms with Crippen molar-refractivity contribution in [3.05, 3.63) is 39.7 Å². The number of benzene rings is 1. The molecular weight excluding hydrogens is 386 g/mol. The van der Waals surface area contributed by atoms with Gasteiger partial charge in [0.2, 0.25) is 5.82 Å². The fourth-order valence-electron chi connectivity index (χ4n) is 1.41. The van der Waals surface area contributed by atoms with Gasteiger partial charge in [-0.05, 0) is 34.7 Å². The molecule has 2 aromatic rings. The standard InChI is InChI=1S/C11H9F3IN5/c12-11(13,14)10-18-8(5-9(19-10)20-16)17-7-4-2-1-3-6(7)15/h1-5H,16H2,(H2,17,18,19,20). The van der Waals surface area contributed by atoms with E-state index in [1.807, 2.05) is 12.1 Å². The average molecular weight is 395 g/mol. The summed E-state index contributed by atoms with van der Waals surface area (Å²) >= 11 is 2.06. The lowest BCUT2D eigenvalue weighted by molar-refractivity contribution is -0.144. The lowest BCUT2D eigenvalue weighted by Gasteiger charge is -2.12. The maximum atomic E-state index is 12.7. The number of nitrogens with one attached hydrogen (secondary N) is 2. The summed E-state index contributed by atoms with van der Waals surface area (Å²) in [6.45, 7) is 0. The Morgan fingerprint density at radius 2 is 1.75 bits per heavy atom. The van der Waals surface area contributed by atoms with Crippen LogP contribution in [0.25, 0.3) is 0 Å². The highest BCUT2D eigenvalue weighted by Gasteiger charge is 2.35. The van der Waals surface area contributed by atoms with Gasteiger partial charge in [-0.2, -0.15) is 13.2 Å². The van der Waals surface area contributed by atoms with Crippen molar-refractivity contribution in [2.45, 2.75) is 6.18 Å². The first kappa shape index (κ1) is 14.8. The first-order chi connectivity index (χ1) is 9.40. The molecule has 0 amide bonds. The van der Waals surface area contributed by atoms with Crippen molar-refractivity contribution in [1.82, 2.24) is 9.97 Å². The Bertz CT molecular complexity index is 617. The van der Waals surface area contributed by atoms with Crippen molar-refractivity contribution >= 4 is 39.9 Å². The second kappa shape index (κ2) is 5.79. The molecule has 1 heterocycles. The Morgan fingerprint density at radius 1 is 1.10 bits per heavy atom. The molecule has 0 unspecified atom stereocenters. The third-order valence-electron chi connectivity index (χ3n) is 2.26. The highest BCUT2D eigenvalue weighted by molar-refractivity contribution is 14.1. The Morgan fingerprint density at radius 3 is 2.35 bits per heavy atom. The van der Waals surface area contributed by atoms with E-state index < -0.39 is 12.0 Å². The van der Waals surface area contributed by atoms with Crippen LogP contribution in [0, 0.1) is 3.57 Å². The average Bonchev–Trinajstić information content (AvgIpc) is 2.40. The van der Waals surface area contributed by atoms with Gasteiger partial charge in [-0.25, -0.2) is 15.8 Å². The molecule has 1 aromatic heterocycles. The smallest absolute Gasteiger partial charge is 0.339 e. The minimum atomic E-state index is -4.65. The molecule has 0 aliphatic heterocycles. The van der Waals surface area contributed by atoms with Gasteiger partial charge in [0, 0.05) is 9.64 Å². The van der Waals surface area contributed by atoms with E-state index in [1.165, 1.54) is 6.07 Å². The van der Waals surface area contributed by atoms with Crippen molar-refractivity contribution in [1.29, 1.82) is 0 Å². The summed E-state index contributed by atoms with van der Waals surface area (Å²) < 4.78 is 38.9. The summed E-state index contributed by atoms with van der Waals surface area (Å²) in [5.74, 6) is 3.73. The second-order valence-electron chi connectivity index (χ2n) is 3.71. The van der Waals surface area contributed by atoms with Crippen molar-refractivity contribution in [3.63, 3.8) is 0 Å². The van der Waals surface area contributed by atoms with Crippen molar-refractivity contribution in [2.24, 2.45) is 5.84 Å². The third-order valence-corrected chi connectivity index (χ3v) is 3.20. The van der Waals surface area contributed by atoms with Crippen LogP contribution in [0.1, 0.15) is 5.82 Å². The van der Waals surface area contributed by atoms with Gasteiger partial charge in [-0.15, -0.1) is 0 Å². The second-order valence-corrected chi connectivity index (χ2v) is 4.87. The molecule has 0 saturated carbocycles. The molecule has 0 aliphatic carbocycles. The normalized spacial score (nSPS) is 11.2. The predicted octanol–water partition coefficient (Wildman–Crippen LogP) is 3.13. The topological polar surface area (TPSA) is 75.9 Å². The highest BCUT2D eigenvalue weighted by Crippen LogP contribution is 2.29. The molecule has 0 bridgehead atoms. The monoisotopic (exact) mass is 395 g/mol. The number of para-hydroxylation sites is 1. The number of nitrogen functional groups attached to an aromatic ring is 1. The SMILES string of the molecule is NNc1cc(Nc2ccccc2I)nc(C(F)(F)F)n1. The minimum Gasteiger partial charge on any atom is -0.339 e. The zero-order chi connectivity index (χ0) is 14.8. The van der Waals surface area contributed by atoms with Crippen LogP contribution in [-0.2, 0) is 6.18 Å². The van der Waals surface area contributed by atoms with E-state index in [2.05, 4.69) is 43.3 Å². The molecule has 0 saturated heterocycles. The molecule has 0 fully saturated rings. The van der Waals surface area contributed by atoms with Crippen LogP contribution in [0.2, 0.25) is 0 Å². The Hall–Kier alpha value is -1.62. The van der Waals surface area contributed by atoms with Crippen LogP contribution in [-0.4, -0.2) is 9.97 Å². The molecule has 2 rings (SSSR count). The van der Waals surface area contributed by atoms with Gasteiger partial charge in [0.25, 0.3) is 0 Å². The lowest BCUT2D eigenvalue weighted by atomic mass is 10.3. The number of alkyl halides is 3. The number of nitrogens with zero attached hydrogens (tertiary/aromatic N) is 2. The third kappa shape index (κ3) is 3.48. The molecule has 1 aromatic carbocycles. The first-order valence-corrected chi connectivity index (χ1v) is 6.42. The maximum Gasteiger partial charge on any atom is 0.451 e. The Labute approximate surface area is 125 Å². The van der Waals surface area contributed by atoms with E-state index in [-0.39, 0.29) is 11.6 Å². The molecule has 0 aliphatic rings. The number of anilines is 3. The summed E-state index contributed by atoms with van der Waals surface area (Å²) in [4.78, 5) is 6.72. The van der Waals surface area contributed by atoms with Crippen molar-refractivity contribution in [2.75, 3.05) is 10.7 Å². The predicted molar refractivity (Wildman–Crippen MR) is 77.3 cm³/mol. The number of hydrazine groups is 1. The van der Waals surface area contributed by atoms with E-state index in [0.29, 0.717) is 5.69 Å². The highest BCUT2D eigenvalue weighted by atomic mass is 127. The number of hydrogen-bond acceptors (Lipinski definition) is 5. The summed E-state index contributed by atoms with van der Waals surface area (Å²) in [6.07, 6.45) is -4.65. The van der Waals surface area contributed by atoms with Crippen LogP contribution in [0.5, 0.6) is 0 Å². The molecule has 4 N–H and O–H groups in total. The molecule has 106 valence electrons. The van der Waals surface area contributed by atoms with Gasteiger partial charge >= 0.3 is 6.18 Å². The van der Waals surface area contributed by atoms with Crippen LogP contribution in [0.3, 0.4) is 0 Å². The molecule has 0 spiro atoms. The largest absolute Gasteiger partial charge is 0.451 e. The van der Waals surface area contributed by atoms with Gasteiger partial charge in [0.1, 0.15) is 11.6 Å². The van der Waals surface area contributed by atoms with Gasteiger partial charge in [-0.1, -0.05) is 12.1 Å². The molecular formula is C11H9F3IN5. The number of nitrogens with two attached hydrogens (primary N) is 1. The van der Waals surface area contributed by atoms with E-state index in [9.17, 15) is 13.2 Å². The van der Waals surface area contributed by atoms with E-state index in [0.717, 1.165) is 3.57 Å². The number of hydrogen-bond donors (Lipinski definition) is 3. The van der Waals surface area contributed by atoms with Gasteiger partial charge in [0.15, 0.2) is 0 Å². The van der Waals surface area contributed by atoms with Crippen LogP contribution >= 0.6 is 22.6 Å². The van der Waals surface area contributed by atoms with E-state index in [1.54, 1.807) is 12.1 Å². The van der Waals surface area contributed by atoms with Crippen LogP contribution in [0.4, 0.5) is 30.5 Å². The fraction of sp³-hybridized carbons (Fsp3) is 0.0909. The zero-order valence-electron chi connectivity index (χ0n) is 9.87. The lowest BCUT2D eigenvalue weighted by Crippen LogP contribution is -2.16. The first-order valence-electron chi connectivity index (χ1n) is 5.34. The Kier molecular flexibility index (Phi) is 4.28. The number of rotatable bonds is 3. The van der Waals surface area contributed by atoms with E-state index in [4.69, 9.17) is 5.84 Å². The minimum absolute atomic E-state index is 0.00407. The van der Waals surface area contributed by atoms with Gasteiger partial charge < -0.3 is 10.7 Å². The van der Waals surface area contributed by atoms with Crippen molar-refractivity contribution in [3.8, 4) is 0 Å². The van der Waals surface area contributed by atoms with Crippen LogP contribution in [0.15, 0.2) is 30.3 Å². The summed E-state index contributed by atoms with van der Waals surface area (Å²) in [5.41, 5.74) is 2.73. The van der Waals surface area contributed by atoms with Crippen LogP contribution < -0.4 is 16.6 Å². The molecule has 9 heteroatoms. The molecule has 0 radical (unpaired) electrons. The zero-order valence-corrected chi connectivity index (χ0v) is 12.0. The van der Waals surface area contributed by atoms with Crippen molar-refractivity contribution < 1.29 is 13.2 Å². The molecule has 5 nitrogen and oxygen atoms in total. The summed E-state index contributed by atoms with van der Waals surface area (Å²) in [6, 6.07) is 8.42. The Balaban J connectivity index is 2.39. The summed E-state index contributed by atoms with van der Waals surface area (Å²) in [5, 5.41) is 2.81. The van der Waals surface area contributed by atoms with Gasteiger partial charge in [0.05, 0.1) is 5.69 Å². The number of halogens is 4. The molecule has 0 atom stereocenters. The maximum absolute atomic E-state index is 12.7. The fourth-order valence-corrected chi connectivity index (χ4v) is 1.93. The number of aromatic nitrogens is 2. The van der Waals surface area contributed by atoms with Gasteiger partial charge in [-0.3, -0.25) is 0 Å². The summed E-state index contributed by atoms with van der Waals surface area (Å²) in [7, 11) is 0. The molecule has 20 heavy (non-hydrogen) atoms.